The van der Waals surface area contributed by atoms with E-state index in [2.05, 4.69) is 10.1 Å². The van der Waals surface area contributed by atoms with Crippen LogP contribution in [0.15, 0.2) is 40.9 Å². The molecule has 3 rings (SSSR count). The van der Waals surface area contributed by atoms with Crippen LogP contribution in [0, 0.1) is 0 Å². The summed E-state index contributed by atoms with van der Waals surface area (Å²) in [4.78, 5) is 16.3. The molecule has 0 fully saturated rings. The minimum absolute atomic E-state index is 0.109. The number of rotatable bonds is 4. The molecule has 5 nitrogen and oxygen atoms in total. The smallest absolute Gasteiger partial charge is 0.348 e. The third-order valence-corrected chi connectivity index (χ3v) is 4.10. The molecule has 0 amide bonds. The van der Waals surface area contributed by atoms with E-state index in [1.54, 1.807) is 36.4 Å². The van der Waals surface area contributed by atoms with Gasteiger partial charge in [-0.2, -0.15) is 4.98 Å². The molecule has 0 atom stereocenters. The van der Waals surface area contributed by atoms with Crippen LogP contribution in [0.25, 0.3) is 11.4 Å². The first-order valence-electron chi connectivity index (χ1n) is 6.13. The number of ether oxygens (including phenoxy) is 1. The normalized spacial score (nSPS) is 10.6. The standard InChI is InChI=1S/C14H8Cl2N2O3S/c15-9-3-1-2-8(6-9)13-17-12(21-18-13)7-20-14(19)10-4-5-11(16)22-10/h1-6H,7H2. The molecule has 112 valence electrons. The van der Waals surface area contributed by atoms with Crippen LogP contribution >= 0.6 is 34.5 Å². The maximum absolute atomic E-state index is 11.8. The summed E-state index contributed by atoms with van der Waals surface area (Å²) in [6, 6.07) is 10.3. The molecule has 0 N–H and O–H groups in total. The van der Waals surface area contributed by atoms with Crippen LogP contribution in [0.5, 0.6) is 0 Å². The summed E-state index contributed by atoms with van der Waals surface area (Å²) in [6.45, 7) is -0.109. The summed E-state index contributed by atoms with van der Waals surface area (Å²) >= 11 is 12.8. The zero-order valence-electron chi connectivity index (χ0n) is 11.0. The van der Waals surface area contributed by atoms with Crippen LogP contribution < -0.4 is 0 Å². The Hall–Kier alpha value is -1.89. The van der Waals surface area contributed by atoms with Gasteiger partial charge in [0.05, 0.1) is 4.34 Å². The van der Waals surface area contributed by atoms with Gasteiger partial charge < -0.3 is 9.26 Å². The highest BCUT2D eigenvalue weighted by Gasteiger charge is 2.14. The number of esters is 1. The average molecular weight is 355 g/mol. The maximum Gasteiger partial charge on any atom is 0.348 e. The predicted molar refractivity (Wildman–Crippen MR) is 83.2 cm³/mol. The van der Waals surface area contributed by atoms with E-state index in [4.69, 9.17) is 32.5 Å². The lowest BCUT2D eigenvalue weighted by atomic mass is 10.2. The largest absolute Gasteiger partial charge is 0.451 e. The number of halogens is 2. The van der Waals surface area contributed by atoms with Crippen molar-refractivity contribution >= 4 is 40.5 Å². The van der Waals surface area contributed by atoms with Gasteiger partial charge in [-0.1, -0.05) is 40.5 Å². The van der Waals surface area contributed by atoms with Gasteiger partial charge >= 0.3 is 5.97 Å². The molecule has 0 aliphatic rings. The van der Waals surface area contributed by atoms with Crippen LogP contribution in [-0.2, 0) is 11.3 Å². The van der Waals surface area contributed by atoms with Crippen molar-refractivity contribution in [1.29, 1.82) is 0 Å². The minimum Gasteiger partial charge on any atom is -0.451 e. The monoisotopic (exact) mass is 354 g/mol. The Morgan fingerprint density at radius 2 is 2.14 bits per heavy atom. The van der Waals surface area contributed by atoms with Crippen molar-refractivity contribution in [1.82, 2.24) is 10.1 Å². The van der Waals surface area contributed by atoms with Crippen LogP contribution in [-0.4, -0.2) is 16.1 Å². The highest BCUT2D eigenvalue weighted by molar-refractivity contribution is 7.17. The lowest BCUT2D eigenvalue weighted by molar-refractivity contribution is 0.0435. The molecule has 22 heavy (non-hydrogen) atoms. The van der Waals surface area contributed by atoms with E-state index in [0.29, 0.717) is 20.1 Å². The van der Waals surface area contributed by atoms with Gasteiger partial charge in [0, 0.05) is 10.6 Å². The Morgan fingerprint density at radius 3 is 2.86 bits per heavy atom. The van der Waals surface area contributed by atoms with Gasteiger partial charge in [0.2, 0.25) is 5.82 Å². The number of hydrogen-bond acceptors (Lipinski definition) is 6. The van der Waals surface area contributed by atoms with E-state index in [0.717, 1.165) is 16.9 Å². The molecule has 1 aromatic carbocycles. The van der Waals surface area contributed by atoms with Gasteiger partial charge in [-0.3, -0.25) is 0 Å². The molecule has 0 radical (unpaired) electrons. The van der Waals surface area contributed by atoms with Crippen molar-refractivity contribution in [3.8, 4) is 11.4 Å². The third kappa shape index (κ3) is 3.47. The van der Waals surface area contributed by atoms with Crippen LogP contribution in [0.2, 0.25) is 9.36 Å². The molecule has 2 aromatic heterocycles. The fraction of sp³-hybridized carbons (Fsp3) is 0.0714. The fourth-order valence-corrected chi connectivity index (χ4v) is 2.81. The average Bonchev–Trinajstić information content (AvgIpc) is 3.14. The summed E-state index contributed by atoms with van der Waals surface area (Å²) < 4.78 is 10.7. The van der Waals surface area contributed by atoms with Gasteiger partial charge in [-0.15, -0.1) is 11.3 Å². The Bertz CT molecular complexity index is 816. The van der Waals surface area contributed by atoms with Crippen LogP contribution in [0.4, 0.5) is 0 Å². The van der Waals surface area contributed by atoms with Crippen molar-refractivity contribution < 1.29 is 14.1 Å². The second kappa shape index (κ2) is 6.48. The molecule has 0 aliphatic heterocycles. The maximum atomic E-state index is 11.8. The SMILES string of the molecule is O=C(OCc1nc(-c2cccc(Cl)c2)no1)c1ccc(Cl)s1. The number of nitrogens with zero attached hydrogens (tertiary/aromatic N) is 2. The zero-order valence-corrected chi connectivity index (χ0v) is 13.3. The Kier molecular flexibility index (Phi) is 4.42. The van der Waals surface area contributed by atoms with Crippen molar-refractivity contribution in [2.45, 2.75) is 6.61 Å². The highest BCUT2D eigenvalue weighted by atomic mass is 35.5. The van der Waals surface area contributed by atoms with E-state index in [-0.39, 0.29) is 12.5 Å². The summed E-state index contributed by atoms with van der Waals surface area (Å²) in [7, 11) is 0. The molecule has 8 heteroatoms. The van der Waals surface area contributed by atoms with Crippen molar-refractivity contribution in [3.63, 3.8) is 0 Å². The van der Waals surface area contributed by atoms with E-state index in [1.165, 1.54) is 0 Å². The first-order chi connectivity index (χ1) is 10.6. The number of carbonyl (C=O) groups is 1. The third-order valence-electron chi connectivity index (χ3n) is 2.65. The molecule has 0 aliphatic carbocycles. The summed E-state index contributed by atoms with van der Waals surface area (Å²) in [5.41, 5.74) is 0.721. The van der Waals surface area contributed by atoms with E-state index in [1.807, 2.05) is 0 Å². The van der Waals surface area contributed by atoms with E-state index in [9.17, 15) is 4.79 Å². The van der Waals surface area contributed by atoms with Crippen LogP contribution in [0.3, 0.4) is 0 Å². The Morgan fingerprint density at radius 1 is 1.27 bits per heavy atom. The second-order valence-electron chi connectivity index (χ2n) is 4.20. The van der Waals surface area contributed by atoms with Crippen molar-refractivity contribution in [3.05, 3.63) is 56.5 Å². The molecular formula is C14H8Cl2N2O3S. The van der Waals surface area contributed by atoms with E-state index < -0.39 is 5.97 Å². The van der Waals surface area contributed by atoms with Gasteiger partial charge in [-0.25, -0.2) is 4.79 Å². The Balaban J connectivity index is 1.66. The topological polar surface area (TPSA) is 65.2 Å². The quantitative estimate of drug-likeness (QED) is 0.647. The number of hydrogen-bond donors (Lipinski definition) is 0. The predicted octanol–water partition coefficient (Wildman–Crippen LogP) is 4.46. The molecule has 0 unspecified atom stereocenters. The summed E-state index contributed by atoms with van der Waals surface area (Å²) in [6.07, 6.45) is 0. The fourth-order valence-electron chi connectivity index (χ4n) is 1.68. The highest BCUT2D eigenvalue weighted by Crippen LogP contribution is 2.23. The lowest BCUT2D eigenvalue weighted by Crippen LogP contribution is -2.03. The number of aromatic nitrogens is 2. The van der Waals surface area contributed by atoms with Crippen molar-refractivity contribution in [2.75, 3.05) is 0 Å². The number of thiophene rings is 1. The zero-order chi connectivity index (χ0) is 15.5. The minimum atomic E-state index is -0.487. The molecule has 0 saturated heterocycles. The number of carbonyl (C=O) groups excluding carboxylic acids is 1. The molecule has 0 spiro atoms. The molecule has 0 saturated carbocycles. The molecule has 3 aromatic rings. The van der Waals surface area contributed by atoms with Gasteiger partial charge in [-0.05, 0) is 24.3 Å². The molecule has 2 heterocycles. The summed E-state index contributed by atoms with van der Waals surface area (Å²) in [5, 5.41) is 4.40. The second-order valence-corrected chi connectivity index (χ2v) is 6.35. The molecule has 0 bridgehead atoms. The number of benzene rings is 1. The van der Waals surface area contributed by atoms with Crippen LogP contribution in [0.1, 0.15) is 15.6 Å². The van der Waals surface area contributed by atoms with Gasteiger partial charge in [0.25, 0.3) is 5.89 Å². The summed E-state index contributed by atoms with van der Waals surface area (Å²) in [5.74, 6) is 0.0955. The van der Waals surface area contributed by atoms with Crippen molar-refractivity contribution in [2.24, 2.45) is 0 Å². The first-order valence-corrected chi connectivity index (χ1v) is 7.70. The van der Waals surface area contributed by atoms with Gasteiger partial charge in [0.15, 0.2) is 6.61 Å². The Labute approximate surface area is 139 Å². The first kappa shape index (κ1) is 15.0. The van der Waals surface area contributed by atoms with Gasteiger partial charge in [0.1, 0.15) is 4.88 Å². The lowest BCUT2D eigenvalue weighted by Gasteiger charge is -1.98. The van der Waals surface area contributed by atoms with E-state index >= 15 is 0 Å². The molecular weight excluding hydrogens is 347 g/mol.